The summed E-state index contributed by atoms with van der Waals surface area (Å²) in [5, 5.41) is 0.883. The Kier molecular flexibility index (Phi) is 2.84. The molecule has 0 atom stereocenters. The molecule has 0 spiro atoms. The van der Waals surface area contributed by atoms with Gasteiger partial charge in [-0.05, 0) is 49.9 Å². The monoisotopic (exact) mass is 282 g/mol. The van der Waals surface area contributed by atoms with Gasteiger partial charge < -0.3 is 9.64 Å². The van der Waals surface area contributed by atoms with Crippen molar-refractivity contribution in [2.45, 2.75) is 37.8 Å². The predicted octanol–water partition coefficient (Wildman–Crippen LogP) is 3.15. The molecule has 0 aliphatic carbocycles. The third-order valence-electron chi connectivity index (χ3n) is 4.88. The lowest BCUT2D eigenvalue weighted by atomic mass is 10.0. The van der Waals surface area contributed by atoms with E-state index < -0.39 is 0 Å². The van der Waals surface area contributed by atoms with Crippen LogP contribution in [0.2, 0.25) is 0 Å². The molecule has 4 heteroatoms. The topological polar surface area (TPSA) is 42.4 Å². The van der Waals surface area contributed by atoms with Crippen LogP contribution < -0.4 is 4.90 Å². The largest absolute Gasteiger partial charge is 0.465 e. The molecule has 21 heavy (non-hydrogen) atoms. The molecule has 108 valence electrons. The van der Waals surface area contributed by atoms with E-state index in [4.69, 9.17) is 4.74 Å². The number of methoxy groups -OCH3 is 1. The first kappa shape index (κ1) is 12.6. The highest BCUT2D eigenvalue weighted by atomic mass is 16.5. The zero-order valence-electron chi connectivity index (χ0n) is 12.1. The summed E-state index contributed by atoms with van der Waals surface area (Å²) >= 11 is 0. The van der Waals surface area contributed by atoms with E-state index in [-0.39, 0.29) is 5.97 Å². The molecule has 1 aromatic carbocycles. The first-order chi connectivity index (χ1) is 10.3. The highest BCUT2D eigenvalue weighted by Gasteiger charge is 2.39. The van der Waals surface area contributed by atoms with Crippen LogP contribution in [0.4, 0.5) is 5.69 Å². The van der Waals surface area contributed by atoms with Crippen LogP contribution in [0.3, 0.4) is 0 Å². The van der Waals surface area contributed by atoms with Crippen molar-refractivity contribution in [1.82, 2.24) is 4.98 Å². The molecule has 2 aromatic rings. The quantitative estimate of drug-likeness (QED) is 0.794. The standard InChI is InChI=1S/C17H18N2O2/c1-21-17(20)14-8-9-18-16-7-6-13(10-15(14)16)19-11-2-3-12(19)5-4-11/h6-12H,2-5H2,1H3. The van der Waals surface area contributed by atoms with Crippen LogP contribution >= 0.6 is 0 Å². The Morgan fingerprint density at radius 3 is 2.57 bits per heavy atom. The fraction of sp³-hybridized carbons (Fsp3) is 0.412. The molecule has 0 saturated carbocycles. The molecule has 3 heterocycles. The molecule has 4 nitrogen and oxygen atoms in total. The van der Waals surface area contributed by atoms with Gasteiger partial charge in [-0.3, -0.25) is 4.98 Å². The second-order valence-electron chi connectivity index (χ2n) is 5.92. The van der Waals surface area contributed by atoms with E-state index >= 15 is 0 Å². The zero-order valence-corrected chi connectivity index (χ0v) is 12.1. The van der Waals surface area contributed by atoms with Crippen LogP contribution in [0.1, 0.15) is 36.0 Å². The second kappa shape index (κ2) is 4.72. The number of hydrogen-bond acceptors (Lipinski definition) is 4. The molecular weight excluding hydrogens is 264 g/mol. The van der Waals surface area contributed by atoms with Gasteiger partial charge >= 0.3 is 5.97 Å². The molecule has 2 saturated heterocycles. The van der Waals surface area contributed by atoms with Crippen molar-refractivity contribution in [3.63, 3.8) is 0 Å². The average molecular weight is 282 g/mol. The van der Waals surface area contributed by atoms with Gasteiger partial charge in [-0.25, -0.2) is 4.79 Å². The van der Waals surface area contributed by atoms with Gasteiger partial charge in [0.25, 0.3) is 0 Å². The SMILES string of the molecule is COC(=O)c1ccnc2ccc(N3C4CCC3CC4)cc12. The Bertz CT molecular complexity index is 693. The highest BCUT2D eigenvalue weighted by Crippen LogP contribution is 2.41. The summed E-state index contributed by atoms with van der Waals surface area (Å²) in [5.74, 6) is -0.302. The molecule has 0 radical (unpaired) electrons. The summed E-state index contributed by atoms with van der Waals surface area (Å²) in [4.78, 5) is 18.8. The van der Waals surface area contributed by atoms with E-state index in [1.165, 1.54) is 38.5 Å². The normalized spacial score (nSPS) is 23.8. The summed E-state index contributed by atoms with van der Waals surface area (Å²) in [6, 6.07) is 9.32. The van der Waals surface area contributed by atoms with Crippen molar-refractivity contribution in [2.75, 3.05) is 12.0 Å². The van der Waals surface area contributed by atoms with Gasteiger partial charge in [0.15, 0.2) is 0 Å². The van der Waals surface area contributed by atoms with E-state index in [1.54, 1.807) is 12.3 Å². The Balaban J connectivity index is 1.83. The summed E-state index contributed by atoms with van der Waals surface area (Å²) in [5.41, 5.74) is 2.65. The van der Waals surface area contributed by atoms with E-state index in [9.17, 15) is 4.79 Å². The van der Waals surface area contributed by atoms with Gasteiger partial charge in [0.05, 0.1) is 18.2 Å². The van der Waals surface area contributed by atoms with Gasteiger partial charge in [-0.15, -0.1) is 0 Å². The Morgan fingerprint density at radius 2 is 1.90 bits per heavy atom. The van der Waals surface area contributed by atoms with Gasteiger partial charge in [0.1, 0.15) is 0 Å². The van der Waals surface area contributed by atoms with Gasteiger partial charge in [-0.2, -0.15) is 0 Å². The van der Waals surface area contributed by atoms with Crippen LogP contribution in [0.15, 0.2) is 30.5 Å². The molecule has 0 unspecified atom stereocenters. The molecule has 1 aromatic heterocycles. The Hall–Kier alpha value is -2.10. The lowest BCUT2D eigenvalue weighted by Crippen LogP contribution is -2.27. The average Bonchev–Trinajstić information content (AvgIpc) is 3.13. The number of anilines is 1. The minimum atomic E-state index is -0.302. The first-order valence-corrected chi connectivity index (χ1v) is 7.53. The number of ether oxygens (including phenoxy) is 1. The third-order valence-corrected chi connectivity index (χ3v) is 4.88. The van der Waals surface area contributed by atoms with Crippen molar-refractivity contribution in [1.29, 1.82) is 0 Å². The van der Waals surface area contributed by atoms with Gasteiger partial charge in [0, 0.05) is 29.4 Å². The Morgan fingerprint density at radius 1 is 1.19 bits per heavy atom. The Labute approximate surface area is 123 Å². The van der Waals surface area contributed by atoms with Gasteiger partial charge in [-0.1, -0.05) is 0 Å². The van der Waals surface area contributed by atoms with Gasteiger partial charge in [0.2, 0.25) is 0 Å². The maximum absolute atomic E-state index is 11.9. The molecule has 2 bridgehead atoms. The predicted molar refractivity (Wildman–Crippen MR) is 81.6 cm³/mol. The molecule has 0 N–H and O–H groups in total. The molecule has 2 aliphatic rings. The number of carbonyl (C=O) groups is 1. The number of rotatable bonds is 2. The fourth-order valence-electron chi connectivity index (χ4n) is 3.92. The number of aromatic nitrogens is 1. The highest BCUT2D eigenvalue weighted by molar-refractivity contribution is 6.04. The fourth-order valence-corrected chi connectivity index (χ4v) is 3.92. The number of nitrogens with zero attached hydrogens (tertiary/aromatic N) is 2. The minimum Gasteiger partial charge on any atom is -0.465 e. The van der Waals surface area contributed by atoms with E-state index in [1.807, 2.05) is 6.07 Å². The van der Waals surface area contributed by atoms with Crippen molar-refractivity contribution in [2.24, 2.45) is 0 Å². The van der Waals surface area contributed by atoms with E-state index in [0.29, 0.717) is 17.6 Å². The van der Waals surface area contributed by atoms with Crippen LogP contribution in [0.5, 0.6) is 0 Å². The molecular formula is C17H18N2O2. The first-order valence-electron chi connectivity index (χ1n) is 7.53. The smallest absolute Gasteiger partial charge is 0.338 e. The zero-order chi connectivity index (χ0) is 14.4. The van der Waals surface area contributed by atoms with Crippen LogP contribution in [-0.4, -0.2) is 30.1 Å². The number of carbonyl (C=O) groups excluding carboxylic acids is 1. The molecule has 2 aliphatic heterocycles. The van der Waals surface area contributed by atoms with Crippen molar-refractivity contribution >= 4 is 22.6 Å². The summed E-state index contributed by atoms with van der Waals surface area (Å²) in [6.45, 7) is 0. The van der Waals surface area contributed by atoms with Crippen molar-refractivity contribution in [3.8, 4) is 0 Å². The molecule has 4 rings (SSSR count). The summed E-state index contributed by atoms with van der Waals surface area (Å²) in [6.07, 6.45) is 6.83. The van der Waals surface area contributed by atoms with Crippen molar-refractivity contribution in [3.05, 3.63) is 36.0 Å². The second-order valence-corrected chi connectivity index (χ2v) is 5.92. The lowest BCUT2D eigenvalue weighted by molar-refractivity contribution is 0.0603. The maximum atomic E-state index is 11.9. The minimum absolute atomic E-state index is 0.302. The van der Waals surface area contributed by atoms with E-state index in [0.717, 1.165) is 10.9 Å². The maximum Gasteiger partial charge on any atom is 0.338 e. The lowest BCUT2D eigenvalue weighted by Gasteiger charge is -2.25. The van der Waals surface area contributed by atoms with Crippen molar-refractivity contribution < 1.29 is 9.53 Å². The number of pyridine rings is 1. The number of hydrogen-bond donors (Lipinski definition) is 0. The molecule has 0 amide bonds. The number of esters is 1. The summed E-state index contributed by atoms with van der Waals surface area (Å²) in [7, 11) is 1.42. The van der Waals surface area contributed by atoms with E-state index in [2.05, 4.69) is 22.0 Å². The third kappa shape index (κ3) is 1.89. The number of benzene rings is 1. The van der Waals surface area contributed by atoms with Crippen LogP contribution in [0, 0.1) is 0 Å². The van der Waals surface area contributed by atoms with Crippen LogP contribution in [-0.2, 0) is 4.74 Å². The molecule has 2 fully saturated rings. The summed E-state index contributed by atoms with van der Waals surface area (Å²) < 4.78 is 4.88. The number of fused-ring (bicyclic) bond motifs is 3. The van der Waals surface area contributed by atoms with Crippen LogP contribution in [0.25, 0.3) is 10.9 Å².